The fourth-order valence-corrected chi connectivity index (χ4v) is 1.00. The van der Waals surface area contributed by atoms with Crippen LogP contribution in [0.4, 0.5) is 5.69 Å². The topological polar surface area (TPSA) is 72.2 Å². The molecule has 0 aliphatic carbocycles. The number of halogens is 1. The lowest BCUT2D eigenvalue weighted by Crippen LogP contribution is -2.11. The van der Waals surface area contributed by atoms with Crippen molar-refractivity contribution in [2.24, 2.45) is 5.73 Å². The Kier molecular flexibility index (Phi) is 3.88. The standard InChI is InChI=1S/C10H9ClN2O2/c11-7-1-3-8(4-2-7)13-10(15)6-5-9(12)14/h1-6H,(H2,12,14)(H,13,15)/b6-5+. The second-order valence-corrected chi connectivity index (χ2v) is 3.17. The summed E-state index contributed by atoms with van der Waals surface area (Å²) in [7, 11) is 0. The maximum absolute atomic E-state index is 11.2. The molecule has 2 amide bonds. The summed E-state index contributed by atoms with van der Waals surface area (Å²) in [5.74, 6) is -1.09. The fraction of sp³-hybridized carbons (Fsp3) is 0. The Morgan fingerprint density at radius 1 is 1.20 bits per heavy atom. The monoisotopic (exact) mass is 224 g/mol. The average molecular weight is 225 g/mol. The molecule has 3 N–H and O–H groups in total. The number of hydrogen-bond acceptors (Lipinski definition) is 2. The molecule has 78 valence electrons. The number of amides is 2. The summed E-state index contributed by atoms with van der Waals surface area (Å²) in [6.45, 7) is 0. The number of rotatable bonds is 3. The van der Waals surface area contributed by atoms with Crippen molar-refractivity contribution in [2.75, 3.05) is 5.32 Å². The van der Waals surface area contributed by atoms with E-state index in [0.717, 1.165) is 12.2 Å². The quantitative estimate of drug-likeness (QED) is 0.760. The third-order valence-electron chi connectivity index (χ3n) is 1.51. The molecular formula is C10H9ClN2O2. The zero-order valence-corrected chi connectivity index (χ0v) is 8.49. The van der Waals surface area contributed by atoms with Gasteiger partial charge in [0.2, 0.25) is 11.8 Å². The first kappa shape index (κ1) is 11.3. The van der Waals surface area contributed by atoms with Crippen LogP contribution < -0.4 is 11.1 Å². The number of carbonyl (C=O) groups excluding carboxylic acids is 2. The summed E-state index contributed by atoms with van der Waals surface area (Å²) in [4.78, 5) is 21.5. The molecule has 0 atom stereocenters. The highest BCUT2D eigenvalue weighted by Crippen LogP contribution is 2.13. The van der Waals surface area contributed by atoms with Crippen molar-refractivity contribution in [2.45, 2.75) is 0 Å². The van der Waals surface area contributed by atoms with Gasteiger partial charge in [0.15, 0.2) is 0 Å². The molecule has 0 aliphatic rings. The number of primary amides is 1. The van der Waals surface area contributed by atoms with Crippen molar-refractivity contribution in [3.63, 3.8) is 0 Å². The van der Waals surface area contributed by atoms with Crippen molar-refractivity contribution in [1.82, 2.24) is 0 Å². The van der Waals surface area contributed by atoms with E-state index >= 15 is 0 Å². The minimum Gasteiger partial charge on any atom is -0.366 e. The number of benzene rings is 1. The number of carbonyl (C=O) groups is 2. The SMILES string of the molecule is NC(=O)/C=C/C(=O)Nc1ccc(Cl)cc1. The van der Waals surface area contributed by atoms with Crippen LogP contribution in [0.1, 0.15) is 0 Å². The molecule has 1 aromatic carbocycles. The number of anilines is 1. The van der Waals surface area contributed by atoms with E-state index < -0.39 is 11.8 Å². The van der Waals surface area contributed by atoms with Crippen LogP contribution in [0.25, 0.3) is 0 Å². The summed E-state index contributed by atoms with van der Waals surface area (Å²) in [6.07, 6.45) is 2.06. The molecule has 4 nitrogen and oxygen atoms in total. The van der Waals surface area contributed by atoms with Crippen LogP contribution in [0.5, 0.6) is 0 Å². The van der Waals surface area contributed by atoms with E-state index in [9.17, 15) is 9.59 Å². The van der Waals surface area contributed by atoms with Crippen molar-refractivity contribution in [3.05, 3.63) is 41.4 Å². The second kappa shape index (κ2) is 5.17. The van der Waals surface area contributed by atoms with Crippen LogP contribution in [0.15, 0.2) is 36.4 Å². The highest BCUT2D eigenvalue weighted by molar-refractivity contribution is 6.30. The molecule has 15 heavy (non-hydrogen) atoms. The molecule has 0 spiro atoms. The number of hydrogen-bond donors (Lipinski definition) is 2. The first-order valence-corrected chi connectivity index (χ1v) is 4.50. The van der Waals surface area contributed by atoms with Crippen molar-refractivity contribution >= 4 is 29.1 Å². The Morgan fingerprint density at radius 3 is 2.33 bits per heavy atom. The van der Waals surface area contributed by atoms with E-state index in [0.29, 0.717) is 10.7 Å². The Morgan fingerprint density at radius 2 is 1.80 bits per heavy atom. The van der Waals surface area contributed by atoms with Crippen LogP contribution in [0.2, 0.25) is 5.02 Å². The zero-order valence-electron chi connectivity index (χ0n) is 7.74. The van der Waals surface area contributed by atoms with E-state index in [1.807, 2.05) is 0 Å². The first-order valence-electron chi connectivity index (χ1n) is 4.12. The fourth-order valence-electron chi connectivity index (χ4n) is 0.875. The van der Waals surface area contributed by atoms with Gasteiger partial charge in [-0.25, -0.2) is 0 Å². The molecule has 0 aliphatic heterocycles. The molecule has 1 aromatic rings. The van der Waals surface area contributed by atoms with Gasteiger partial charge in [-0.15, -0.1) is 0 Å². The molecular weight excluding hydrogens is 216 g/mol. The van der Waals surface area contributed by atoms with E-state index in [1.165, 1.54) is 0 Å². The van der Waals surface area contributed by atoms with E-state index in [4.69, 9.17) is 17.3 Å². The van der Waals surface area contributed by atoms with Gasteiger partial charge in [0.1, 0.15) is 0 Å². The summed E-state index contributed by atoms with van der Waals surface area (Å²) in [5.41, 5.74) is 5.43. The lowest BCUT2D eigenvalue weighted by Gasteiger charge is -2.00. The van der Waals surface area contributed by atoms with Crippen molar-refractivity contribution in [3.8, 4) is 0 Å². The van der Waals surface area contributed by atoms with E-state index in [2.05, 4.69) is 5.32 Å². The molecule has 0 aromatic heterocycles. The molecule has 0 saturated heterocycles. The van der Waals surface area contributed by atoms with Gasteiger partial charge < -0.3 is 11.1 Å². The van der Waals surface area contributed by atoms with E-state index in [1.54, 1.807) is 24.3 Å². The maximum Gasteiger partial charge on any atom is 0.248 e. The molecule has 0 heterocycles. The normalized spacial score (nSPS) is 10.2. The molecule has 0 unspecified atom stereocenters. The first-order chi connectivity index (χ1) is 7.08. The number of nitrogens with two attached hydrogens (primary N) is 1. The zero-order chi connectivity index (χ0) is 11.3. The van der Waals surface area contributed by atoms with Gasteiger partial charge in [-0.2, -0.15) is 0 Å². The average Bonchev–Trinajstić information content (AvgIpc) is 2.19. The third kappa shape index (κ3) is 4.28. The van der Waals surface area contributed by atoms with Crippen molar-refractivity contribution < 1.29 is 9.59 Å². The Hall–Kier alpha value is -1.81. The molecule has 0 saturated carbocycles. The van der Waals surface area contributed by atoms with Gasteiger partial charge >= 0.3 is 0 Å². The second-order valence-electron chi connectivity index (χ2n) is 2.73. The predicted octanol–water partition coefficient (Wildman–Crippen LogP) is 1.32. The summed E-state index contributed by atoms with van der Waals surface area (Å²) in [5, 5.41) is 3.12. The lowest BCUT2D eigenvalue weighted by atomic mass is 10.3. The van der Waals surface area contributed by atoms with Gasteiger partial charge in [0, 0.05) is 22.9 Å². The van der Waals surface area contributed by atoms with Crippen LogP contribution in [0.3, 0.4) is 0 Å². The molecule has 0 bridgehead atoms. The van der Waals surface area contributed by atoms with Gasteiger partial charge in [0.05, 0.1) is 0 Å². The largest absolute Gasteiger partial charge is 0.366 e. The summed E-state index contributed by atoms with van der Waals surface area (Å²) >= 11 is 5.66. The minimum absolute atomic E-state index is 0.420. The Bertz CT molecular complexity index is 398. The third-order valence-corrected chi connectivity index (χ3v) is 1.76. The minimum atomic E-state index is -0.666. The molecule has 5 heteroatoms. The Balaban J connectivity index is 2.59. The van der Waals surface area contributed by atoms with Crippen LogP contribution >= 0.6 is 11.6 Å². The predicted molar refractivity (Wildman–Crippen MR) is 58.4 cm³/mol. The van der Waals surface area contributed by atoms with Gasteiger partial charge in [-0.3, -0.25) is 9.59 Å². The van der Waals surface area contributed by atoms with Crippen LogP contribution in [-0.2, 0) is 9.59 Å². The van der Waals surface area contributed by atoms with Gasteiger partial charge in [0.25, 0.3) is 0 Å². The lowest BCUT2D eigenvalue weighted by molar-refractivity contribution is -0.115. The van der Waals surface area contributed by atoms with Crippen LogP contribution in [-0.4, -0.2) is 11.8 Å². The summed E-state index contributed by atoms with van der Waals surface area (Å²) in [6, 6.07) is 6.60. The van der Waals surface area contributed by atoms with Crippen molar-refractivity contribution in [1.29, 1.82) is 0 Å². The van der Waals surface area contributed by atoms with Gasteiger partial charge in [-0.1, -0.05) is 11.6 Å². The van der Waals surface area contributed by atoms with Gasteiger partial charge in [-0.05, 0) is 24.3 Å². The highest BCUT2D eigenvalue weighted by atomic mass is 35.5. The smallest absolute Gasteiger partial charge is 0.248 e. The summed E-state index contributed by atoms with van der Waals surface area (Å²) < 4.78 is 0. The maximum atomic E-state index is 11.2. The Labute approximate surface area is 91.7 Å². The van der Waals surface area contributed by atoms with Crippen LogP contribution in [0, 0.1) is 0 Å². The molecule has 0 radical (unpaired) electrons. The highest BCUT2D eigenvalue weighted by Gasteiger charge is 1.97. The van der Waals surface area contributed by atoms with E-state index in [-0.39, 0.29) is 0 Å². The number of nitrogens with one attached hydrogen (secondary N) is 1. The molecule has 1 rings (SSSR count). The molecule has 0 fully saturated rings.